The van der Waals surface area contributed by atoms with Crippen LogP contribution in [-0.2, 0) is 6.54 Å². The van der Waals surface area contributed by atoms with Gasteiger partial charge in [0.2, 0.25) is 0 Å². The maximum Gasteiger partial charge on any atom is 0.153 e. The minimum atomic E-state index is -1.14. The van der Waals surface area contributed by atoms with Gasteiger partial charge in [0.1, 0.15) is 6.54 Å². The van der Waals surface area contributed by atoms with Crippen molar-refractivity contribution in [2.75, 3.05) is 0 Å². The molecule has 1 atom stereocenters. The number of quaternary nitrogens is 1. The van der Waals surface area contributed by atoms with Crippen molar-refractivity contribution in [2.24, 2.45) is 0 Å². The van der Waals surface area contributed by atoms with Crippen molar-refractivity contribution in [3.63, 3.8) is 0 Å². The van der Waals surface area contributed by atoms with E-state index in [4.69, 9.17) is 0 Å². The van der Waals surface area contributed by atoms with E-state index in [0.29, 0.717) is 0 Å². The van der Waals surface area contributed by atoms with E-state index in [9.17, 15) is 9.90 Å². The molecule has 0 bridgehead atoms. The van der Waals surface area contributed by atoms with Crippen molar-refractivity contribution in [3.05, 3.63) is 89.2 Å². The summed E-state index contributed by atoms with van der Waals surface area (Å²) in [5, 5.41) is 13.2. The highest BCUT2D eigenvalue weighted by molar-refractivity contribution is 5.85. The van der Waals surface area contributed by atoms with Crippen LogP contribution in [0.3, 0.4) is 0 Å². The van der Waals surface area contributed by atoms with Crippen molar-refractivity contribution in [2.45, 2.75) is 12.6 Å². The number of carbonyl (C=O) groups is 1. The number of hydrogen-bond acceptors (Lipinski definition) is 2. The fourth-order valence-corrected chi connectivity index (χ4v) is 3.28. The zero-order valence-corrected chi connectivity index (χ0v) is 12.5. The zero-order valence-electron chi connectivity index (χ0n) is 12.5. The van der Waals surface area contributed by atoms with Crippen molar-refractivity contribution >= 4 is 5.97 Å². The molecule has 0 saturated carbocycles. The Morgan fingerprint density at radius 3 is 2.61 bits per heavy atom. The molecule has 4 heteroatoms. The van der Waals surface area contributed by atoms with E-state index in [1.165, 1.54) is 16.9 Å². The van der Waals surface area contributed by atoms with Crippen LogP contribution in [0.5, 0.6) is 0 Å². The standard InChI is InChI=1S/C19H16N2O2/c22-19(23)14-9-7-13(8-10-14)18-17-6-3-11-21(17)16-5-2-1-4-15(16)12-20-18/h1-11,18,20H,12H2,(H,22,23)/t18-/m1/s1. The largest absolute Gasteiger partial charge is 0.545 e. The number of nitrogens with zero attached hydrogens (tertiary/aromatic N) is 1. The topological polar surface area (TPSA) is 61.7 Å². The summed E-state index contributed by atoms with van der Waals surface area (Å²) in [7, 11) is 0. The molecule has 3 aromatic rings. The van der Waals surface area contributed by atoms with E-state index in [1.54, 1.807) is 12.1 Å². The highest BCUT2D eigenvalue weighted by atomic mass is 16.4. The normalized spacial score (nSPS) is 16.3. The molecule has 114 valence electrons. The number of carbonyl (C=O) groups excluding carboxylic acids is 1. The number of hydrogen-bond donors (Lipinski definition) is 1. The zero-order chi connectivity index (χ0) is 15.8. The van der Waals surface area contributed by atoms with Gasteiger partial charge in [0.15, 0.2) is 6.04 Å². The SMILES string of the molecule is O=C([O-])c1ccc([C@H]2[NH2+]Cc3ccccc3-n3cccc32)cc1. The predicted octanol–water partition coefficient (Wildman–Crippen LogP) is 1.01. The third-order valence-electron chi connectivity index (χ3n) is 4.43. The second-order valence-electron chi connectivity index (χ2n) is 5.76. The van der Waals surface area contributed by atoms with Crippen LogP contribution in [0.25, 0.3) is 5.69 Å². The molecule has 1 aliphatic rings. The van der Waals surface area contributed by atoms with Gasteiger partial charge in [-0.15, -0.1) is 0 Å². The minimum absolute atomic E-state index is 0.133. The molecule has 0 saturated heterocycles. The van der Waals surface area contributed by atoms with Crippen LogP contribution in [0.15, 0.2) is 66.9 Å². The first-order valence-electron chi connectivity index (χ1n) is 7.64. The monoisotopic (exact) mass is 304 g/mol. The van der Waals surface area contributed by atoms with Gasteiger partial charge in [-0.25, -0.2) is 0 Å². The van der Waals surface area contributed by atoms with E-state index in [-0.39, 0.29) is 11.6 Å². The molecule has 2 aromatic carbocycles. The van der Waals surface area contributed by atoms with Crippen LogP contribution in [0, 0.1) is 0 Å². The molecule has 1 aliphatic heterocycles. The van der Waals surface area contributed by atoms with Crippen LogP contribution >= 0.6 is 0 Å². The number of carboxylic acid groups (broad SMARTS) is 1. The van der Waals surface area contributed by atoms with E-state index in [2.05, 4.69) is 46.4 Å². The Morgan fingerprint density at radius 1 is 1.04 bits per heavy atom. The summed E-state index contributed by atoms with van der Waals surface area (Å²) in [6.45, 7) is 0.880. The average Bonchev–Trinajstić information content (AvgIpc) is 2.99. The lowest BCUT2D eigenvalue weighted by Crippen LogP contribution is -2.83. The minimum Gasteiger partial charge on any atom is -0.545 e. The molecule has 1 aromatic heterocycles. The number of nitrogens with two attached hydrogens (primary N) is 1. The Morgan fingerprint density at radius 2 is 1.83 bits per heavy atom. The van der Waals surface area contributed by atoms with Gasteiger partial charge in [-0.05, 0) is 23.8 Å². The third kappa shape index (κ3) is 2.33. The Hall–Kier alpha value is -2.85. The molecular weight excluding hydrogens is 288 g/mol. The molecule has 0 spiro atoms. The maximum absolute atomic E-state index is 10.9. The summed E-state index contributed by atoms with van der Waals surface area (Å²) in [6.07, 6.45) is 2.08. The Bertz CT molecular complexity index is 865. The molecule has 0 radical (unpaired) electrons. The molecule has 0 fully saturated rings. The molecule has 2 heterocycles. The number of benzene rings is 2. The summed E-state index contributed by atoms with van der Waals surface area (Å²) >= 11 is 0. The van der Waals surface area contributed by atoms with Crippen molar-refractivity contribution in [1.29, 1.82) is 0 Å². The van der Waals surface area contributed by atoms with Gasteiger partial charge in [-0.3, -0.25) is 0 Å². The van der Waals surface area contributed by atoms with E-state index >= 15 is 0 Å². The quantitative estimate of drug-likeness (QED) is 0.768. The first kappa shape index (κ1) is 13.8. The van der Waals surface area contributed by atoms with Gasteiger partial charge in [-0.1, -0.05) is 42.5 Å². The Balaban J connectivity index is 1.79. The van der Waals surface area contributed by atoms with Crippen molar-refractivity contribution in [1.82, 2.24) is 4.57 Å². The van der Waals surface area contributed by atoms with E-state index in [0.717, 1.165) is 12.1 Å². The van der Waals surface area contributed by atoms with Crippen molar-refractivity contribution < 1.29 is 15.2 Å². The number of carboxylic acids is 1. The van der Waals surface area contributed by atoms with Gasteiger partial charge < -0.3 is 19.8 Å². The maximum atomic E-state index is 10.9. The molecule has 23 heavy (non-hydrogen) atoms. The molecular formula is C19H16N2O2. The second-order valence-corrected chi connectivity index (χ2v) is 5.76. The summed E-state index contributed by atoms with van der Waals surface area (Å²) in [5.74, 6) is -1.14. The van der Waals surface area contributed by atoms with Gasteiger partial charge >= 0.3 is 0 Å². The molecule has 0 amide bonds. The lowest BCUT2D eigenvalue weighted by Gasteiger charge is -2.15. The number of aromatic carboxylic acids is 1. The fourth-order valence-electron chi connectivity index (χ4n) is 3.28. The third-order valence-corrected chi connectivity index (χ3v) is 4.43. The van der Waals surface area contributed by atoms with E-state index in [1.807, 2.05) is 18.2 Å². The summed E-state index contributed by atoms with van der Waals surface area (Å²) in [6, 6.07) is 19.7. The second kappa shape index (κ2) is 5.41. The number of aromatic nitrogens is 1. The first-order valence-corrected chi connectivity index (χ1v) is 7.64. The molecule has 2 N–H and O–H groups in total. The van der Waals surface area contributed by atoms with E-state index < -0.39 is 5.97 Å². The first-order chi connectivity index (χ1) is 11.2. The Labute approximate surface area is 134 Å². The fraction of sp³-hybridized carbons (Fsp3) is 0.105. The molecule has 0 aliphatic carbocycles. The smallest absolute Gasteiger partial charge is 0.153 e. The number of rotatable bonds is 2. The lowest BCUT2D eigenvalue weighted by atomic mass is 10.0. The van der Waals surface area contributed by atoms with Crippen LogP contribution in [0.4, 0.5) is 0 Å². The highest BCUT2D eigenvalue weighted by Crippen LogP contribution is 2.26. The van der Waals surface area contributed by atoms with Crippen LogP contribution in [0.2, 0.25) is 0 Å². The summed E-state index contributed by atoms with van der Waals surface area (Å²) in [5.41, 5.74) is 4.98. The van der Waals surface area contributed by atoms with Crippen molar-refractivity contribution in [3.8, 4) is 5.69 Å². The average molecular weight is 304 g/mol. The molecule has 4 rings (SSSR count). The molecule has 0 unspecified atom stereocenters. The predicted molar refractivity (Wildman–Crippen MR) is 84.0 cm³/mol. The summed E-state index contributed by atoms with van der Waals surface area (Å²) < 4.78 is 2.22. The van der Waals surface area contributed by atoms with Gasteiger partial charge in [0, 0.05) is 17.3 Å². The Kier molecular flexibility index (Phi) is 3.24. The number of para-hydroxylation sites is 1. The molecule has 4 nitrogen and oxygen atoms in total. The lowest BCUT2D eigenvalue weighted by molar-refractivity contribution is -0.702. The highest BCUT2D eigenvalue weighted by Gasteiger charge is 2.25. The number of fused-ring (bicyclic) bond motifs is 3. The van der Waals surface area contributed by atoms with Crippen LogP contribution < -0.4 is 10.4 Å². The van der Waals surface area contributed by atoms with Crippen LogP contribution in [0.1, 0.15) is 33.2 Å². The van der Waals surface area contributed by atoms with Gasteiger partial charge in [0.25, 0.3) is 0 Å². The summed E-state index contributed by atoms with van der Waals surface area (Å²) in [4.78, 5) is 10.9. The van der Waals surface area contributed by atoms with Crippen LogP contribution in [-0.4, -0.2) is 10.5 Å². The van der Waals surface area contributed by atoms with Gasteiger partial charge in [-0.2, -0.15) is 0 Å². The van der Waals surface area contributed by atoms with Gasteiger partial charge in [0.05, 0.1) is 17.4 Å².